The van der Waals surface area contributed by atoms with Crippen LogP contribution >= 0.6 is 0 Å². The van der Waals surface area contributed by atoms with Gasteiger partial charge < -0.3 is 5.73 Å². The van der Waals surface area contributed by atoms with E-state index in [0.29, 0.717) is 13.0 Å². The van der Waals surface area contributed by atoms with Gasteiger partial charge in [0.1, 0.15) is 0 Å². The zero-order valence-corrected chi connectivity index (χ0v) is 8.52. The third kappa shape index (κ3) is 2.07. The number of amides is 1. The molecular formula is C12H14N2O. The zero-order valence-electron chi connectivity index (χ0n) is 8.52. The molecule has 1 aliphatic heterocycles. The van der Waals surface area contributed by atoms with Gasteiger partial charge in [-0.1, -0.05) is 18.2 Å². The van der Waals surface area contributed by atoms with Gasteiger partial charge in [-0.05, 0) is 24.1 Å². The molecule has 2 rings (SSSR count). The van der Waals surface area contributed by atoms with Crippen LogP contribution in [0.25, 0.3) is 0 Å². The minimum Gasteiger partial charge on any atom is -0.326 e. The summed E-state index contributed by atoms with van der Waals surface area (Å²) < 4.78 is 0. The molecule has 78 valence electrons. The highest BCUT2D eigenvalue weighted by Crippen LogP contribution is 2.19. The Labute approximate surface area is 89.2 Å². The molecule has 0 saturated carbocycles. The van der Waals surface area contributed by atoms with E-state index in [2.05, 4.69) is 0 Å². The predicted octanol–water partition coefficient (Wildman–Crippen LogP) is 1.79. The first kappa shape index (κ1) is 9.93. The lowest BCUT2D eigenvalue weighted by Gasteiger charge is -2.21. The summed E-state index contributed by atoms with van der Waals surface area (Å²) >= 11 is 0. The molecule has 15 heavy (non-hydrogen) atoms. The first-order valence-electron chi connectivity index (χ1n) is 5.09. The Morgan fingerprint density at radius 3 is 2.60 bits per heavy atom. The third-order valence-corrected chi connectivity index (χ3v) is 2.50. The number of allylic oxidation sites excluding steroid dienone is 1. The quantitative estimate of drug-likeness (QED) is 0.794. The number of hydrogen-bond acceptors (Lipinski definition) is 2. The van der Waals surface area contributed by atoms with E-state index in [-0.39, 0.29) is 5.91 Å². The van der Waals surface area contributed by atoms with Crippen molar-refractivity contribution in [1.82, 2.24) is 0 Å². The molecule has 1 aromatic rings. The Hall–Kier alpha value is -1.61. The lowest BCUT2D eigenvalue weighted by molar-refractivity contribution is -0.118. The Balaban J connectivity index is 2.24. The van der Waals surface area contributed by atoms with E-state index in [1.807, 2.05) is 36.5 Å². The zero-order chi connectivity index (χ0) is 10.7. The predicted molar refractivity (Wildman–Crippen MR) is 60.2 cm³/mol. The van der Waals surface area contributed by atoms with E-state index in [4.69, 9.17) is 5.73 Å². The number of rotatable bonds is 2. The average molecular weight is 202 g/mol. The van der Waals surface area contributed by atoms with Crippen molar-refractivity contribution in [2.24, 2.45) is 5.73 Å². The fraction of sp³-hybridized carbons (Fsp3) is 0.250. The van der Waals surface area contributed by atoms with Crippen LogP contribution in [0.1, 0.15) is 18.4 Å². The Kier molecular flexibility index (Phi) is 2.83. The molecule has 0 spiro atoms. The molecule has 0 saturated heterocycles. The van der Waals surface area contributed by atoms with Crippen molar-refractivity contribution in [3.05, 3.63) is 42.1 Å². The van der Waals surface area contributed by atoms with Gasteiger partial charge in [-0.3, -0.25) is 9.69 Å². The molecule has 2 N–H and O–H groups in total. The fourth-order valence-electron chi connectivity index (χ4n) is 1.61. The van der Waals surface area contributed by atoms with Crippen LogP contribution in [0.5, 0.6) is 0 Å². The summed E-state index contributed by atoms with van der Waals surface area (Å²) in [4.78, 5) is 13.3. The second-order valence-corrected chi connectivity index (χ2v) is 3.56. The Morgan fingerprint density at radius 2 is 2.00 bits per heavy atom. The first-order valence-corrected chi connectivity index (χ1v) is 5.09. The fourth-order valence-corrected chi connectivity index (χ4v) is 1.61. The van der Waals surface area contributed by atoms with Gasteiger partial charge >= 0.3 is 0 Å². The smallest absolute Gasteiger partial charge is 0.231 e. The lowest BCUT2D eigenvalue weighted by Crippen LogP contribution is -2.27. The molecule has 0 radical (unpaired) electrons. The van der Waals surface area contributed by atoms with Gasteiger partial charge in [-0.15, -0.1) is 0 Å². The maximum atomic E-state index is 11.6. The summed E-state index contributed by atoms with van der Waals surface area (Å²) in [5.74, 6) is 0.151. The molecule has 3 nitrogen and oxygen atoms in total. The van der Waals surface area contributed by atoms with Crippen LogP contribution in [0, 0.1) is 0 Å². The van der Waals surface area contributed by atoms with Gasteiger partial charge in [0.05, 0.1) is 0 Å². The summed E-state index contributed by atoms with van der Waals surface area (Å²) in [6.45, 7) is 0.532. The number of nitrogens with zero attached hydrogens (tertiary/aromatic N) is 1. The second-order valence-electron chi connectivity index (χ2n) is 3.56. The summed E-state index contributed by atoms with van der Waals surface area (Å²) in [5.41, 5.74) is 7.50. The van der Waals surface area contributed by atoms with Crippen LogP contribution in [-0.4, -0.2) is 5.91 Å². The number of hydrogen-bond donors (Lipinski definition) is 1. The van der Waals surface area contributed by atoms with E-state index in [0.717, 1.165) is 17.7 Å². The van der Waals surface area contributed by atoms with Crippen molar-refractivity contribution < 1.29 is 4.79 Å². The minimum absolute atomic E-state index is 0.151. The Bertz CT molecular complexity index is 381. The second kappa shape index (κ2) is 4.28. The van der Waals surface area contributed by atoms with Gasteiger partial charge in [-0.25, -0.2) is 0 Å². The maximum absolute atomic E-state index is 11.6. The largest absolute Gasteiger partial charge is 0.326 e. The van der Waals surface area contributed by atoms with Crippen molar-refractivity contribution in [1.29, 1.82) is 0 Å². The number of nitrogens with two attached hydrogens (primary N) is 1. The van der Waals surface area contributed by atoms with Gasteiger partial charge in [0.25, 0.3) is 0 Å². The summed E-state index contributed by atoms with van der Waals surface area (Å²) in [5, 5.41) is 0. The molecule has 0 aliphatic carbocycles. The Morgan fingerprint density at radius 1 is 1.27 bits per heavy atom. The van der Waals surface area contributed by atoms with Gasteiger partial charge in [0.15, 0.2) is 0 Å². The average Bonchev–Trinajstić information content (AvgIpc) is 2.30. The van der Waals surface area contributed by atoms with Gasteiger partial charge in [-0.2, -0.15) is 0 Å². The molecule has 3 heteroatoms. The molecule has 0 unspecified atom stereocenters. The van der Waals surface area contributed by atoms with Crippen LogP contribution in [0.15, 0.2) is 36.5 Å². The topological polar surface area (TPSA) is 46.3 Å². The molecular weight excluding hydrogens is 188 g/mol. The van der Waals surface area contributed by atoms with Crippen molar-refractivity contribution >= 4 is 11.6 Å². The van der Waals surface area contributed by atoms with Gasteiger partial charge in [0.2, 0.25) is 5.91 Å². The van der Waals surface area contributed by atoms with Crippen molar-refractivity contribution in [2.45, 2.75) is 19.4 Å². The molecule has 0 bridgehead atoms. The molecule has 1 amide bonds. The minimum atomic E-state index is 0.151. The first-order chi connectivity index (χ1) is 7.31. The maximum Gasteiger partial charge on any atom is 0.231 e. The van der Waals surface area contributed by atoms with Crippen LogP contribution in [-0.2, 0) is 11.3 Å². The SMILES string of the molecule is NCc1ccc(N2C=CCCC2=O)cc1. The monoisotopic (exact) mass is 202 g/mol. The number of benzene rings is 1. The van der Waals surface area contributed by atoms with Crippen LogP contribution < -0.4 is 10.6 Å². The van der Waals surface area contributed by atoms with E-state index >= 15 is 0 Å². The highest BCUT2D eigenvalue weighted by Gasteiger charge is 2.14. The number of anilines is 1. The lowest BCUT2D eigenvalue weighted by atomic mass is 10.1. The molecule has 1 aliphatic rings. The third-order valence-electron chi connectivity index (χ3n) is 2.50. The summed E-state index contributed by atoms with van der Waals surface area (Å²) in [7, 11) is 0. The van der Waals surface area contributed by atoms with E-state index in [1.165, 1.54) is 0 Å². The van der Waals surface area contributed by atoms with Gasteiger partial charge in [0, 0.05) is 24.9 Å². The van der Waals surface area contributed by atoms with Crippen molar-refractivity contribution in [3.63, 3.8) is 0 Å². The normalized spacial score (nSPS) is 15.8. The van der Waals surface area contributed by atoms with Crippen molar-refractivity contribution in [2.75, 3.05) is 4.90 Å². The van der Waals surface area contributed by atoms with Crippen molar-refractivity contribution in [3.8, 4) is 0 Å². The number of carbonyl (C=O) groups excluding carboxylic acids is 1. The number of carbonyl (C=O) groups is 1. The van der Waals surface area contributed by atoms with Crippen LogP contribution in [0.2, 0.25) is 0 Å². The van der Waals surface area contributed by atoms with Crippen LogP contribution in [0.4, 0.5) is 5.69 Å². The van der Waals surface area contributed by atoms with Crippen LogP contribution in [0.3, 0.4) is 0 Å². The highest BCUT2D eigenvalue weighted by molar-refractivity contribution is 5.96. The van der Waals surface area contributed by atoms with E-state index in [9.17, 15) is 4.79 Å². The summed E-state index contributed by atoms with van der Waals surface area (Å²) in [6, 6.07) is 7.75. The van der Waals surface area contributed by atoms with E-state index in [1.54, 1.807) is 4.90 Å². The summed E-state index contributed by atoms with van der Waals surface area (Å²) in [6.07, 6.45) is 5.28. The van der Waals surface area contributed by atoms with E-state index < -0.39 is 0 Å². The molecule has 0 atom stereocenters. The molecule has 1 heterocycles. The molecule has 0 fully saturated rings. The highest BCUT2D eigenvalue weighted by atomic mass is 16.2. The molecule has 1 aromatic carbocycles. The standard InChI is InChI=1S/C12H14N2O/c13-9-10-4-6-11(7-5-10)14-8-2-1-3-12(14)15/h2,4-8H,1,3,9,13H2. The molecule has 0 aromatic heterocycles.